The average molecular weight is 298 g/mol. The number of rotatable bonds is 4. The molecule has 1 aliphatic carbocycles. The summed E-state index contributed by atoms with van der Waals surface area (Å²) < 4.78 is 0. The summed E-state index contributed by atoms with van der Waals surface area (Å²) in [5.74, 6) is -0.790. The van der Waals surface area contributed by atoms with E-state index >= 15 is 0 Å². The highest BCUT2D eigenvalue weighted by Crippen LogP contribution is 2.35. The number of hydrazine groups is 1. The summed E-state index contributed by atoms with van der Waals surface area (Å²) >= 11 is 0. The molecule has 1 saturated heterocycles. The standard InChI is InChI=1S/C14H26N4O3/c1-17-7-9-18(10-8-17)16-13(21)15-11-14(12(19)20)5-3-2-4-6-14/h2-11H2,1H3,(H,19,20)(H2,15,16,21). The van der Waals surface area contributed by atoms with Gasteiger partial charge in [-0.3, -0.25) is 10.2 Å². The summed E-state index contributed by atoms with van der Waals surface area (Å²) in [6, 6.07) is -0.300. The Balaban J connectivity index is 1.78. The number of carbonyl (C=O) groups excluding carboxylic acids is 1. The van der Waals surface area contributed by atoms with Crippen LogP contribution in [-0.2, 0) is 4.79 Å². The fourth-order valence-electron chi connectivity index (χ4n) is 3.05. The van der Waals surface area contributed by atoms with E-state index in [0.29, 0.717) is 12.8 Å². The molecule has 2 amide bonds. The number of nitrogens with one attached hydrogen (secondary N) is 2. The molecule has 0 aromatic carbocycles. The van der Waals surface area contributed by atoms with E-state index in [-0.39, 0.29) is 12.6 Å². The molecule has 1 aliphatic heterocycles. The van der Waals surface area contributed by atoms with E-state index in [2.05, 4.69) is 22.7 Å². The molecule has 120 valence electrons. The van der Waals surface area contributed by atoms with Crippen molar-refractivity contribution in [3.8, 4) is 0 Å². The van der Waals surface area contributed by atoms with Crippen LogP contribution in [-0.4, -0.2) is 66.8 Å². The number of carboxylic acid groups (broad SMARTS) is 1. The predicted molar refractivity (Wildman–Crippen MR) is 78.8 cm³/mol. The summed E-state index contributed by atoms with van der Waals surface area (Å²) in [7, 11) is 2.05. The SMILES string of the molecule is CN1CCN(NC(=O)NCC2(C(=O)O)CCCCC2)CC1. The van der Waals surface area contributed by atoms with Gasteiger partial charge in [0.1, 0.15) is 0 Å². The second-order valence-corrected chi connectivity index (χ2v) is 6.23. The molecule has 2 rings (SSSR count). The van der Waals surface area contributed by atoms with Crippen LogP contribution in [0.5, 0.6) is 0 Å². The maximum Gasteiger partial charge on any atom is 0.329 e. The van der Waals surface area contributed by atoms with Crippen molar-refractivity contribution in [3.63, 3.8) is 0 Å². The van der Waals surface area contributed by atoms with Crippen LogP contribution < -0.4 is 10.7 Å². The second-order valence-electron chi connectivity index (χ2n) is 6.23. The van der Waals surface area contributed by atoms with Gasteiger partial charge >= 0.3 is 12.0 Å². The molecule has 1 heterocycles. The number of hydrogen-bond acceptors (Lipinski definition) is 4. The van der Waals surface area contributed by atoms with Crippen molar-refractivity contribution in [1.82, 2.24) is 20.7 Å². The Hall–Kier alpha value is -1.34. The second kappa shape index (κ2) is 7.09. The molecule has 1 saturated carbocycles. The van der Waals surface area contributed by atoms with E-state index in [9.17, 15) is 14.7 Å². The van der Waals surface area contributed by atoms with Gasteiger partial charge in [-0.05, 0) is 19.9 Å². The first-order chi connectivity index (χ1) is 10.0. The first-order valence-electron chi connectivity index (χ1n) is 7.73. The number of carbonyl (C=O) groups is 2. The largest absolute Gasteiger partial charge is 0.481 e. The van der Waals surface area contributed by atoms with Crippen LogP contribution in [0.25, 0.3) is 0 Å². The maximum atomic E-state index is 11.9. The van der Waals surface area contributed by atoms with Gasteiger partial charge in [0.15, 0.2) is 0 Å². The van der Waals surface area contributed by atoms with Gasteiger partial charge in [0, 0.05) is 32.7 Å². The summed E-state index contributed by atoms with van der Waals surface area (Å²) in [4.78, 5) is 25.7. The minimum Gasteiger partial charge on any atom is -0.481 e. The molecule has 2 fully saturated rings. The zero-order valence-electron chi connectivity index (χ0n) is 12.7. The Morgan fingerprint density at radius 1 is 1.10 bits per heavy atom. The third kappa shape index (κ3) is 4.31. The molecule has 7 heteroatoms. The Labute approximate surface area is 125 Å². The number of aliphatic carboxylic acids is 1. The highest BCUT2D eigenvalue weighted by atomic mass is 16.4. The summed E-state index contributed by atoms with van der Waals surface area (Å²) in [5.41, 5.74) is 2.02. The minimum atomic E-state index is -0.790. The predicted octanol–water partition coefficient (Wildman–Crippen LogP) is 0.483. The van der Waals surface area contributed by atoms with E-state index < -0.39 is 11.4 Å². The number of likely N-dealkylation sites (N-methyl/N-ethyl adjacent to an activating group) is 1. The Bertz CT molecular complexity index is 374. The summed E-state index contributed by atoms with van der Waals surface area (Å²) in [6.07, 6.45) is 4.24. The van der Waals surface area contributed by atoms with Crippen LogP contribution in [0.1, 0.15) is 32.1 Å². The van der Waals surface area contributed by atoms with Crippen molar-refractivity contribution in [2.75, 3.05) is 39.8 Å². The highest BCUT2D eigenvalue weighted by Gasteiger charge is 2.39. The normalized spacial score (nSPS) is 23.5. The smallest absolute Gasteiger partial charge is 0.329 e. The lowest BCUT2D eigenvalue weighted by Crippen LogP contribution is -2.56. The molecule has 0 unspecified atom stereocenters. The Morgan fingerprint density at radius 2 is 1.71 bits per heavy atom. The zero-order chi connectivity index (χ0) is 15.3. The lowest BCUT2D eigenvalue weighted by molar-refractivity contribution is -0.150. The van der Waals surface area contributed by atoms with Gasteiger partial charge in [-0.2, -0.15) is 0 Å². The third-order valence-electron chi connectivity index (χ3n) is 4.61. The van der Waals surface area contributed by atoms with Crippen molar-refractivity contribution in [2.24, 2.45) is 5.41 Å². The van der Waals surface area contributed by atoms with Crippen molar-refractivity contribution in [2.45, 2.75) is 32.1 Å². The fourth-order valence-corrected chi connectivity index (χ4v) is 3.05. The van der Waals surface area contributed by atoms with Gasteiger partial charge in [0.2, 0.25) is 0 Å². The van der Waals surface area contributed by atoms with Crippen molar-refractivity contribution in [1.29, 1.82) is 0 Å². The zero-order valence-corrected chi connectivity index (χ0v) is 12.7. The molecule has 0 aromatic heterocycles. The van der Waals surface area contributed by atoms with Gasteiger partial charge in [0.05, 0.1) is 5.41 Å². The number of urea groups is 1. The quantitative estimate of drug-likeness (QED) is 0.703. The van der Waals surface area contributed by atoms with Crippen molar-refractivity contribution >= 4 is 12.0 Å². The first kappa shape index (κ1) is 16.0. The number of nitrogens with zero attached hydrogens (tertiary/aromatic N) is 2. The van der Waals surface area contributed by atoms with E-state index in [1.165, 1.54) is 0 Å². The molecule has 0 radical (unpaired) electrons. The summed E-state index contributed by atoms with van der Waals surface area (Å²) in [6.45, 7) is 3.61. The minimum absolute atomic E-state index is 0.210. The maximum absolute atomic E-state index is 11.9. The molecular weight excluding hydrogens is 272 g/mol. The molecule has 0 spiro atoms. The van der Waals surface area contributed by atoms with Crippen LogP contribution in [0.4, 0.5) is 4.79 Å². The van der Waals surface area contributed by atoms with E-state index in [1.807, 2.05) is 5.01 Å². The molecule has 0 atom stereocenters. The average Bonchev–Trinajstić information content (AvgIpc) is 2.48. The lowest BCUT2D eigenvalue weighted by Gasteiger charge is -2.35. The van der Waals surface area contributed by atoms with Gasteiger partial charge < -0.3 is 15.3 Å². The van der Waals surface area contributed by atoms with Crippen LogP contribution >= 0.6 is 0 Å². The van der Waals surface area contributed by atoms with Crippen LogP contribution in [0.2, 0.25) is 0 Å². The molecular formula is C14H26N4O3. The van der Waals surface area contributed by atoms with Gasteiger partial charge in [-0.25, -0.2) is 9.80 Å². The highest BCUT2D eigenvalue weighted by molar-refractivity contribution is 5.78. The topological polar surface area (TPSA) is 84.9 Å². The third-order valence-corrected chi connectivity index (χ3v) is 4.61. The molecule has 21 heavy (non-hydrogen) atoms. The summed E-state index contributed by atoms with van der Waals surface area (Å²) in [5, 5.41) is 14.1. The number of piperazine rings is 1. The molecule has 2 aliphatic rings. The first-order valence-corrected chi connectivity index (χ1v) is 7.73. The van der Waals surface area contributed by atoms with Crippen molar-refractivity contribution in [3.05, 3.63) is 0 Å². The fraction of sp³-hybridized carbons (Fsp3) is 0.857. The Kier molecular flexibility index (Phi) is 5.41. The van der Waals surface area contributed by atoms with Gasteiger partial charge in [0.25, 0.3) is 0 Å². The van der Waals surface area contributed by atoms with Crippen LogP contribution in [0, 0.1) is 5.41 Å². The number of hydrogen-bond donors (Lipinski definition) is 3. The monoisotopic (exact) mass is 298 g/mol. The van der Waals surface area contributed by atoms with Gasteiger partial charge in [-0.15, -0.1) is 0 Å². The van der Waals surface area contributed by atoms with E-state index in [0.717, 1.165) is 45.4 Å². The van der Waals surface area contributed by atoms with Crippen molar-refractivity contribution < 1.29 is 14.7 Å². The van der Waals surface area contributed by atoms with E-state index in [4.69, 9.17) is 0 Å². The van der Waals surface area contributed by atoms with E-state index in [1.54, 1.807) is 0 Å². The van der Waals surface area contributed by atoms with Crippen LogP contribution in [0.3, 0.4) is 0 Å². The molecule has 0 aromatic rings. The lowest BCUT2D eigenvalue weighted by atomic mass is 9.74. The Morgan fingerprint density at radius 3 is 2.29 bits per heavy atom. The van der Waals surface area contributed by atoms with Gasteiger partial charge in [-0.1, -0.05) is 19.3 Å². The molecule has 7 nitrogen and oxygen atoms in total. The molecule has 3 N–H and O–H groups in total. The molecule has 0 bridgehead atoms. The number of amides is 2. The number of carboxylic acids is 1. The van der Waals surface area contributed by atoms with Crippen LogP contribution in [0.15, 0.2) is 0 Å².